The zero-order chi connectivity index (χ0) is 19.4. The second kappa shape index (κ2) is 8.38. The Bertz CT molecular complexity index is 807. The van der Waals surface area contributed by atoms with E-state index in [1.807, 2.05) is 62.1 Å². The molecule has 0 aliphatic carbocycles. The summed E-state index contributed by atoms with van der Waals surface area (Å²) in [5.74, 6) is -0.0783. The van der Waals surface area contributed by atoms with Crippen LogP contribution in [0.3, 0.4) is 0 Å². The molecule has 27 heavy (non-hydrogen) atoms. The van der Waals surface area contributed by atoms with Gasteiger partial charge in [0.25, 0.3) is 5.91 Å². The van der Waals surface area contributed by atoms with Gasteiger partial charge in [-0.2, -0.15) is 0 Å². The van der Waals surface area contributed by atoms with Gasteiger partial charge in [-0.3, -0.25) is 9.59 Å². The van der Waals surface area contributed by atoms with Gasteiger partial charge in [0.05, 0.1) is 5.92 Å². The molecule has 0 bridgehead atoms. The summed E-state index contributed by atoms with van der Waals surface area (Å²) < 4.78 is 0. The van der Waals surface area contributed by atoms with Gasteiger partial charge in [0, 0.05) is 25.2 Å². The van der Waals surface area contributed by atoms with Crippen molar-refractivity contribution in [2.45, 2.75) is 40.2 Å². The Hall–Kier alpha value is -2.62. The molecule has 1 heterocycles. The van der Waals surface area contributed by atoms with E-state index in [1.165, 1.54) is 5.56 Å². The highest BCUT2D eigenvalue weighted by molar-refractivity contribution is 5.95. The number of carbonyl (C=O) groups excluding carboxylic acids is 2. The van der Waals surface area contributed by atoms with Crippen molar-refractivity contribution >= 4 is 11.8 Å². The van der Waals surface area contributed by atoms with Gasteiger partial charge < -0.3 is 10.2 Å². The van der Waals surface area contributed by atoms with Crippen molar-refractivity contribution in [2.75, 3.05) is 13.1 Å². The van der Waals surface area contributed by atoms with Crippen molar-refractivity contribution in [3.05, 3.63) is 70.3 Å². The Labute approximate surface area is 161 Å². The maximum Gasteiger partial charge on any atom is 0.253 e. The molecule has 2 aromatic rings. The molecule has 2 amide bonds. The first-order valence-corrected chi connectivity index (χ1v) is 9.63. The number of nitrogens with one attached hydrogen (secondary N) is 1. The lowest BCUT2D eigenvalue weighted by molar-refractivity contribution is -0.126. The van der Waals surface area contributed by atoms with Crippen molar-refractivity contribution in [2.24, 2.45) is 5.92 Å². The fraction of sp³-hybridized carbons (Fsp3) is 0.391. The van der Waals surface area contributed by atoms with E-state index in [0.29, 0.717) is 25.2 Å². The molecule has 1 aliphatic heterocycles. The van der Waals surface area contributed by atoms with Gasteiger partial charge in [-0.1, -0.05) is 47.0 Å². The zero-order valence-electron chi connectivity index (χ0n) is 16.4. The predicted molar refractivity (Wildman–Crippen MR) is 108 cm³/mol. The average molecular weight is 364 g/mol. The second-order valence-corrected chi connectivity index (χ2v) is 7.67. The first-order valence-electron chi connectivity index (χ1n) is 9.63. The molecule has 0 spiro atoms. The summed E-state index contributed by atoms with van der Waals surface area (Å²) in [5, 5.41) is 3.03. The molecule has 4 nitrogen and oxygen atoms in total. The SMILES string of the molecule is Cc1ccc(CNC(=O)[C@@H]2CCCN(C(=O)c3cc(C)cc(C)c3)C2)cc1. The highest BCUT2D eigenvalue weighted by atomic mass is 16.2. The summed E-state index contributed by atoms with van der Waals surface area (Å²) in [4.78, 5) is 27.3. The van der Waals surface area contributed by atoms with Crippen LogP contribution in [0, 0.1) is 26.7 Å². The van der Waals surface area contributed by atoms with E-state index in [0.717, 1.165) is 29.5 Å². The first kappa shape index (κ1) is 19.2. The van der Waals surface area contributed by atoms with E-state index in [2.05, 4.69) is 11.4 Å². The van der Waals surface area contributed by atoms with Crippen LogP contribution in [0.15, 0.2) is 42.5 Å². The first-order chi connectivity index (χ1) is 12.9. The van der Waals surface area contributed by atoms with Crippen LogP contribution in [-0.4, -0.2) is 29.8 Å². The maximum atomic E-state index is 12.9. The molecule has 0 saturated carbocycles. The van der Waals surface area contributed by atoms with E-state index < -0.39 is 0 Å². The topological polar surface area (TPSA) is 49.4 Å². The average Bonchev–Trinajstić information content (AvgIpc) is 2.66. The Morgan fingerprint density at radius 2 is 1.67 bits per heavy atom. The molecular weight excluding hydrogens is 336 g/mol. The minimum absolute atomic E-state index is 0.0258. The number of carbonyl (C=O) groups is 2. The molecule has 0 unspecified atom stereocenters. The van der Waals surface area contributed by atoms with E-state index in [9.17, 15) is 9.59 Å². The van der Waals surface area contributed by atoms with Crippen LogP contribution in [0.2, 0.25) is 0 Å². The van der Waals surface area contributed by atoms with Crippen LogP contribution >= 0.6 is 0 Å². The number of likely N-dealkylation sites (tertiary alicyclic amines) is 1. The number of hydrogen-bond acceptors (Lipinski definition) is 2. The highest BCUT2D eigenvalue weighted by Crippen LogP contribution is 2.20. The van der Waals surface area contributed by atoms with Crippen LogP contribution in [0.25, 0.3) is 0 Å². The number of nitrogens with zero attached hydrogens (tertiary/aromatic N) is 1. The number of amides is 2. The number of aryl methyl sites for hydroxylation is 3. The third kappa shape index (κ3) is 4.97. The third-order valence-corrected chi connectivity index (χ3v) is 5.14. The molecule has 4 heteroatoms. The predicted octanol–water partition coefficient (Wildman–Crippen LogP) is 3.78. The van der Waals surface area contributed by atoms with Crippen LogP contribution in [0.1, 0.15) is 45.5 Å². The summed E-state index contributed by atoms with van der Waals surface area (Å²) in [6.07, 6.45) is 1.69. The van der Waals surface area contributed by atoms with Gasteiger partial charge in [0.1, 0.15) is 0 Å². The Kier molecular flexibility index (Phi) is 5.94. The molecular formula is C23H28N2O2. The molecule has 1 N–H and O–H groups in total. The van der Waals surface area contributed by atoms with Gasteiger partial charge in [0.2, 0.25) is 5.91 Å². The van der Waals surface area contributed by atoms with Crippen LogP contribution in [0.5, 0.6) is 0 Å². The van der Waals surface area contributed by atoms with E-state index in [-0.39, 0.29) is 17.7 Å². The zero-order valence-corrected chi connectivity index (χ0v) is 16.4. The Morgan fingerprint density at radius 1 is 1.00 bits per heavy atom. The Balaban J connectivity index is 1.60. The van der Waals surface area contributed by atoms with Crippen molar-refractivity contribution in [3.8, 4) is 0 Å². The third-order valence-electron chi connectivity index (χ3n) is 5.14. The number of piperidine rings is 1. The molecule has 1 saturated heterocycles. The van der Waals surface area contributed by atoms with Gasteiger partial charge in [-0.25, -0.2) is 0 Å². The van der Waals surface area contributed by atoms with Crippen LogP contribution in [-0.2, 0) is 11.3 Å². The second-order valence-electron chi connectivity index (χ2n) is 7.67. The monoisotopic (exact) mass is 364 g/mol. The lowest BCUT2D eigenvalue weighted by Gasteiger charge is -2.32. The van der Waals surface area contributed by atoms with Crippen molar-refractivity contribution < 1.29 is 9.59 Å². The minimum Gasteiger partial charge on any atom is -0.352 e. The van der Waals surface area contributed by atoms with Gasteiger partial charge >= 0.3 is 0 Å². The quantitative estimate of drug-likeness (QED) is 0.897. The molecule has 142 valence electrons. The summed E-state index contributed by atoms with van der Waals surface area (Å²) >= 11 is 0. The number of rotatable bonds is 4. The van der Waals surface area contributed by atoms with Crippen LogP contribution in [0.4, 0.5) is 0 Å². The summed E-state index contributed by atoms with van der Waals surface area (Å²) in [6.45, 7) is 7.79. The van der Waals surface area contributed by atoms with Gasteiger partial charge in [-0.05, 0) is 51.3 Å². The highest BCUT2D eigenvalue weighted by Gasteiger charge is 2.28. The minimum atomic E-state index is -0.140. The lowest BCUT2D eigenvalue weighted by atomic mass is 9.96. The Morgan fingerprint density at radius 3 is 2.33 bits per heavy atom. The molecule has 1 atom stereocenters. The summed E-state index contributed by atoms with van der Waals surface area (Å²) in [7, 11) is 0. The summed E-state index contributed by atoms with van der Waals surface area (Å²) in [5.41, 5.74) is 5.18. The van der Waals surface area contributed by atoms with Crippen molar-refractivity contribution in [3.63, 3.8) is 0 Å². The standard InChI is InChI=1S/C23H28N2O2/c1-16-6-8-19(9-7-16)14-24-22(26)20-5-4-10-25(15-20)23(27)21-12-17(2)11-18(3)13-21/h6-9,11-13,20H,4-5,10,14-15H2,1-3H3,(H,24,26)/t20-/m1/s1. The number of benzene rings is 2. The molecule has 1 aliphatic rings. The fourth-order valence-electron chi connectivity index (χ4n) is 3.70. The molecule has 2 aromatic carbocycles. The molecule has 0 radical (unpaired) electrons. The smallest absolute Gasteiger partial charge is 0.253 e. The normalized spacial score (nSPS) is 16.9. The van der Waals surface area contributed by atoms with Crippen molar-refractivity contribution in [1.82, 2.24) is 10.2 Å². The van der Waals surface area contributed by atoms with Gasteiger partial charge in [0.15, 0.2) is 0 Å². The van der Waals surface area contributed by atoms with E-state index in [4.69, 9.17) is 0 Å². The summed E-state index contributed by atoms with van der Waals surface area (Å²) in [6, 6.07) is 14.1. The largest absolute Gasteiger partial charge is 0.352 e. The van der Waals surface area contributed by atoms with Crippen molar-refractivity contribution in [1.29, 1.82) is 0 Å². The van der Waals surface area contributed by atoms with E-state index >= 15 is 0 Å². The maximum absolute atomic E-state index is 12.9. The molecule has 0 aromatic heterocycles. The molecule has 1 fully saturated rings. The van der Waals surface area contributed by atoms with E-state index in [1.54, 1.807) is 0 Å². The lowest BCUT2D eigenvalue weighted by Crippen LogP contribution is -2.45. The fourth-order valence-corrected chi connectivity index (χ4v) is 3.70. The number of hydrogen-bond donors (Lipinski definition) is 1. The van der Waals surface area contributed by atoms with Crippen LogP contribution < -0.4 is 5.32 Å². The molecule has 3 rings (SSSR count). The van der Waals surface area contributed by atoms with Gasteiger partial charge in [-0.15, -0.1) is 0 Å².